The van der Waals surface area contributed by atoms with Crippen LogP contribution in [0.4, 0.5) is 5.69 Å². The van der Waals surface area contributed by atoms with Crippen molar-refractivity contribution in [3.63, 3.8) is 0 Å². The van der Waals surface area contributed by atoms with E-state index in [1.807, 2.05) is 36.4 Å². The fraction of sp³-hybridized carbons (Fsp3) is 0.360. The smallest absolute Gasteiger partial charge is 0.257 e. The first-order valence-electron chi connectivity index (χ1n) is 10.8. The molecule has 1 atom stereocenters. The van der Waals surface area contributed by atoms with E-state index < -0.39 is 6.04 Å². The third kappa shape index (κ3) is 4.36. The number of nitriles is 1. The largest absolute Gasteiger partial charge is 0.326 e. The monoisotopic (exact) mass is 415 g/mol. The van der Waals surface area contributed by atoms with E-state index in [9.17, 15) is 14.4 Å². The highest BCUT2D eigenvalue weighted by Crippen LogP contribution is 2.31. The molecule has 1 aliphatic carbocycles. The van der Waals surface area contributed by atoms with Gasteiger partial charge in [0.05, 0.1) is 23.7 Å². The lowest BCUT2D eigenvalue weighted by Gasteiger charge is -2.32. The summed E-state index contributed by atoms with van der Waals surface area (Å²) in [6.07, 6.45) is 4.81. The first-order chi connectivity index (χ1) is 15.1. The molecule has 2 fully saturated rings. The Morgan fingerprint density at radius 1 is 1.00 bits per heavy atom. The number of carbonyl (C=O) groups excluding carboxylic acids is 3. The van der Waals surface area contributed by atoms with Crippen LogP contribution in [0.5, 0.6) is 0 Å². The molecule has 158 valence electrons. The third-order valence-corrected chi connectivity index (χ3v) is 6.19. The molecule has 1 aliphatic heterocycles. The minimum absolute atomic E-state index is 0.0237. The van der Waals surface area contributed by atoms with E-state index in [2.05, 4.69) is 0 Å². The quantitative estimate of drug-likeness (QED) is 0.696. The molecule has 0 N–H and O–H groups in total. The molecular formula is C25H25N3O3. The van der Waals surface area contributed by atoms with Gasteiger partial charge < -0.3 is 4.90 Å². The summed E-state index contributed by atoms with van der Waals surface area (Å²) in [5.74, 6) is -0.829. The van der Waals surface area contributed by atoms with Crippen LogP contribution in [0, 0.1) is 17.2 Å². The summed E-state index contributed by atoms with van der Waals surface area (Å²) < 4.78 is 0. The molecule has 4 rings (SSSR count). The first kappa shape index (κ1) is 20.8. The molecule has 2 aromatic carbocycles. The summed E-state index contributed by atoms with van der Waals surface area (Å²) >= 11 is 0. The van der Waals surface area contributed by atoms with Crippen LogP contribution >= 0.6 is 0 Å². The average Bonchev–Trinajstić information content (AvgIpc) is 3.12. The topological polar surface area (TPSA) is 81.5 Å². The van der Waals surface area contributed by atoms with E-state index in [1.165, 1.54) is 0 Å². The van der Waals surface area contributed by atoms with Crippen molar-refractivity contribution < 1.29 is 14.4 Å². The number of anilines is 1. The Kier molecular flexibility index (Phi) is 6.13. The van der Waals surface area contributed by atoms with E-state index in [0.29, 0.717) is 17.8 Å². The van der Waals surface area contributed by atoms with Gasteiger partial charge in [0.15, 0.2) is 0 Å². The number of hydrogen-bond acceptors (Lipinski definition) is 4. The Morgan fingerprint density at radius 3 is 2.32 bits per heavy atom. The van der Waals surface area contributed by atoms with Gasteiger partial charge >= 0.3 is 0 Å². The molecule has 1 unspecified atom stereocenters. The molecule has 2 aromatic rings. The lowest BCUT2D eigenvalue weighted by Crippen LogP contribution is -2.47. The number of hydrogen-bond donors (Lipinski definition) is 0. The van der Waals surface area contributed by atoms with Crippen molar-refractivity contribution in [3.8, 4) is 6.07 Å². The molecule has 6 heteroatoms. The summed E-state index contributed by atoms with van der Waals surface area (Å²) in [6, 6.07) is 17.2. The van der Waals surface area contributed by atoms with Crippen LogP contribution in [-0.4, -0.2) is 28.7 Å². The van der Waals surface area contributed by atoms with E-state index in [4.69, 9.17) is 5.26 Å². The zero-order valence-electron chi connectivity index (χ0n) is 17.4. The van der Waals surface area contributed by atoms with Crippen molar-refractivity contribution in [2.24, 2.45) is 5.92 Å². The van der Waals surface area contributed by atoms with Crippen molar-refractivity contribution in [3.05, 3.63) is 65.7 Å². The molecule has 2 aliphatic rings. The van der Waals surface area contributed by atoms with Gasteiger partial charge in [0.1, 0.15) is 6.04 Å². The second kappa shape index (κ2) is 9.13. The fourth-order valence-corrected chi connectivity index (χ4v) is 4.52. The van der Waals surface area contributed by atoms with Crippen LogP contribution < -0.4 is 4.90 Å². The van der Waals surface area contributed by atoms with Gasteiger partial charge in [-0.1, -0.05) is 49.6 Å². The number of imide groups is 1. The standard InChI is InChI=1S/C25H25N3O3/c26-16-18-11-13-21(14-12-18)28-23(29)15-22(25(28)31)27(17-19-7-3-1-4-8-19)24(30)20-9-5-2-6-10-20/h1,3-4,7-8,11-14,20,22H,2,5-6,9-10,15,17H2. The van der Waals surface area contributed by atoms with Crippen LogP contribution in [0.1, 0.15) is 49.7 Å². The maximum Gasteiger partial charge on any atom is 0.257 e. The van der Waals surface area contributed by atoms with Crippen LogP contribution in [0.2, 0.25) is 0 Å². The second-order valence-electron chi connectivity index (χ2n) is 8.23. The summed E-state index contributed by atoms with van der Waals surface area (Å²) in [5, 5.41) is 9.00. The number of nitrogens with zero attached hydrogens (tertiary/aromatic N) is 3. The number of benzene rings is 2. The van der Waals surface area contributed by atoms with E-state index in [1.54, 1.807) is 29.2 Å². The Bertz CT molecular complexity index is 1000. The molecule has 1 heterocycles. The highest BCUT2D eigenvalue weighted by Gasteiger charge is 2.45. The minimum Gasteiger partial charge on any atom is -0.326 e. The molecule has 6 nitrogen and oxygen atoms in total. The van der Waals surface area contributed by atoms with Crippen molar-refractivity contribution >= 4 is 23.4 Å². The van der Waals surface area contributed by atoms with Gasteiger partial charge in [0.2, 0.25) is 11.8 Å². The minimum atomic E-state index is -0.808. The van der Waals surface area contributed by atoms with Gasteiger partial charge in [-0.3, -0.25) is 14.4 Å². The molecule has 1 saturated heterocycles. The van der Waals surface area contributed by atoms with E-state index in [-0.39, 0.29) is 30.1 Å². The SMILES string of the molecule is N#Cc1ccc(N2C(=O)CC(N(Cc3ccccc3)C(=O)C3CCCCC3)C2=O)cc1. The van der Waals surface area contributed by atoms with Crippen LogP contribution in [0.3, 0.4) is 0 Å². The van der Waals surface area contributed by atoms with E-state index in [0.717, 1.165) is 42.6 Å². The fourth-order valence-electron chi connectivity index (χ4n) is 4.52. The predicted molar refractivity (Wildman–Crippen MR) is 116 cm³/mol. The summed E-state index contributed by atoms with van der Waals surface area (Å²) in [7, 11) is 0. The second-order valence-corrected chi connectivity index (χ2v) is 8.23. The molecule has 1 saturated carbocycles. The number of carbonyl (C=O) groups is 3. The van der Waals surface area contributed by atoms with Gasteiger partial charge in [-0.2, -0.15) is 5.26 Å². The van der Waals surface area contributed by atoms with E-state index >= 15 is 0 Å². The van der Waals surface area contributed by atoms with Crippen LogP contribution in [0.25, 0.3) is 0 Å². The Hall–Kier alpha value is -3.46. The van der Waals surface area contributed by atoms with Crippen LogP contribution in [0.15, 0.2) is 54.6 Å². The normalized spacial score (nSPS) is 19.3. The van der Waals surface area contributed by atoms with Crippen molar-refractivity contribution in [1.82, 2.24) is 4.90 Å². The van der Waals surface area contributed by atoms with Gasteiger partial charge in [-0.15, -0.1) is 0 Å². The number of rotatable bonds is 5. The summed E-state index contributed by atoms with van der Waals surface area (Å²) in [6.45, 7) is 0.307. The molecule has 3 amide bonds. The third-order valence-electron chi connectivity index (χ3n) is 6.19. The average molecular weight is 415 g/mol. The van der Waals surface area contributed by atoms with Crippen molar-refractivity contribution in [2.75, 3.05) is 4.90 Å². The van der Waals surface area contributed by atoms with Crippen molar-refractivity contribution in [2.45, 2.75) is 51.1 Å². The molecule has 0 radical (unpaired) electrons. The van der Waals surface area contributed by atoms with Crippen LogP contribution in [-0.2, 0) is 20.9 Å². The lowest BCUT2D eigenvalue weighted by atomic mass is 9.87. The first-order valence-corrected chi connectivity index (χ1v) is 10.8. The molecular weight excluding hydrogens is 390 g/mol. The Labute approximate surface area is 182 Å². The lowest BCUT2D eigenvalue weighted by molar-refractivity contribution is -0.143. The van der Waals surface area contributed by atoms with Crippen molar-refractivity contribution in [1.29, 1.82) is 5.26 Å². The Balaban J connectivity index is 1.62. The zero-order valence-corrected chi connectivity index (χ0v) is 17.4. The predicted octanol–water partition coefficient (Wildman–Crippen LogP) is 3.80. The molecule has 31 heavy (non-hydrogen) atoms. The molecule has 0 aromatic heterocycles. The highest BCUT2D eigenvalue weighted by atomic mass is 16.2. The highest BCUT2D eigenvalue weighted by molar-refractivity contribution is 6.23. The maximum atomic E-state index is 13.5. The molecule has 0 bridgehead atoms. The van der Waals surface area contributed by atoms with Gasteiger partial charge in [-0.05, 0) is 42.7 Å². The number of amides is 3. The van der Waals surface area contributed by atoms with Gasteiger partial charge in [0, 0.05) is 12.5 Å². The zero-order chi connectivity index (χ0) is 21.8. The summed E-state index contributed by atoms with van der Waals surface area (Å²) in [5.41, 5.74) is 1.82. The van der Waals surface area contributed by atoms with Gasteiger partial charge in [-0.25, -0.2) is 4.90 Å². The van der Waals surface area contributed by atoms with Gasteiger partial charge in [0.25, 0.3) is 5.91 Å². The maximum absolute atomic E-state index is 13.5. The Morgan fingerprint density at radius 2 is 1.68 bits per heavy atom. The summed E-state index contributed by atoms with van der Waals surface area (Å²) in [4.78, 5) is 42.4. The molecule has 0 spiro atoms.